The molecule has 4 rings (SSSR count). The fourth-order valence-electron chi connectivity index (χ4n) is 4.66. The molecule has 2 amide bonds. The fraction of sp³-hybridized carbons (Fsp3) is 0.583. The van der Waals surface area contributed by atoms with Crippen LogP contribution in [0.15, 0.2) is 30.9 Å². The molecule has 0 atom stereocenters. The van der Waals surface area contributed by atoms with Crippen molar-refractivity contribution in [3.05, 3.63) is 47.8 Å². The smallest absolute Gasteiger partial charge is 0.253 e. The van der Waals surface area contributed by atoms with E-state index < -0.39 is 9.84 Å². The van der Waals surface area contributed by atoms with Crippen molar-refractivity contribution in [2.75, 3.05) is 50.8 Å². The molecule has 35 heavy (non-hydrogen) atoms. The highest BCUT2D eigenvalue weighted by Crippen LogP contribution is 2.29. The number of rotatable bonds is 8. The zero-order valence-corrected chi connectivity index (χ0v) is 21.0. The summed E-state index contributed by atoms with van der Waals surface area (Å²) in [5, 5.41) is 3.01. The van der Waals surface area contributed by atoms with Crippen LogP contribution in [0.2, 0.25) is 0 Å². The minimum absolute atomic E-state index is 0.0378. The minimum atomic E-state index is -2.96. The van der Waals surface area contributed by atoms with Gasteiger partial charge in [-0.3, -0.25) is 19.5 Å². The summed E-state index contributed by atoms with van der Waals surface area (Å²) >= 11 is 0. The number of amides is 2. The molecule has 0 spiro atoms. The molecular weight excluding hydrogens is 468 g/mol. The molecule has 0 radical (unpaired) electrons. The number of likely N-dealkylation sites (tertiary alicyclic amines) is 1. The normalized spacial score (nSPS) is 18.9. The quantitative estimate of drug-likeness (QED) is 0.532. The predicted molar refractivity (Wildman–Crippen MR) is 132 cm³/mol. The summed E-state index contributed by atoms with van der Waals surface area (Å²) in [4.78, 5) is 38.2. The summed E-state index contributed by atoms with van der Waals surface area (Å²) in [5.41, 5.74) is 2.29. The van der Waals surface area contributed by atoms with E-state index in [9.17, 15) is 18.0 Å². The SMILES string of the molecule is Cc1ccc(C(=O)NCCCn2ccnc2)c(C2CCN(C(=O)CN3CCS(=O)(=O)CC3)CC2)n1. The molecule has 1 N–H and O–H groups in total. The number of nitrogens with zero attached hydrogens (tertiary/aromatic N) is 5. The summed E-state index contributed by atoms with van der Waals surface area (Å²) in [5.74, 6) is 0.282. The van der Waals surface area contributed by atoms with Crippen molar-refractivity contribution in [1.82, 2.24) is 29.7 Å². The van der Waals surface area contributed by atoms with E-state index in [1.807, 2.05) is 39.6 Å². The molecule has 0 aliphatic carbocycles. The van der Waals surface area contributed by atoms with Crippen LogP contribution in [0.25, 0.3) is 0 Å². The Morgan fingerprint density at radius 1 is 1.11 bits per heavy atom. The van der Waals surface area contributed by atoms with Crippen LogP contribution >= 0.6 is 0 Å². The summed E-state index contributed by atoms with van der Waals surface area (Å²) in [6.07, 6.45) is 7.70. The molecule has 2 aromatic heterocycles. The van der Waals surface area contributed by atoms with E-state index >= 15 is 0 Å². The van der Waals surface area contributed by atoms with Crippen LogP contribution in [0.3, 0.4) is 0 Å². The van der Waals surface area contributed by atoms with E-state index in [4.69, 9.17) is 4.98 Å². The number of carbonyl (C=O) groups excluding carboxylic acids is 2. The van der Waals surface area contributed by atoms with Gasteiger partial charge in [-0.2, -0.15) is 0 Å². The highest BCUT2D eigenvalue weighted by Gasteiger charge is 2.30. The average Bonchev–Trinajstić information content (AvgIpc) is 3.37. The van der Waals surface area contributed by atoms with Crippen LogP contribution in [-0.4, -0.2) is 95.3 Å². The average molecular weight is 503 g/mol. The van der Waals surface area contributed by atoms with Gasteiger partial charge in [0.1, 0.15) is 0 Å². The number of aryl methyl sites for hydroxylation is 2. The number of pyridine rings is 1. The van der Waals surface area contributed by atoms with Crippen LogP contribution in [0.5, 0.6) is 0 Å². The second-order valence-corrected chi connectivity index (χ2v) is 11.7. The number of hydrogen-bond donors (Lipinski definition) is 1. The first-order chi connectivity index (χ1) is 16.8. The third-order valence-corrected chi connectivity index (χ3v) is 8.39. The van der Waals surface area contributed by atoms with Crippen molar-refractivity contribution in [2.45, 2.75) is 38.6 Å². The highest BCUT2D eigenvalue weighted by atomic mass is 32.2. The lowest BCUT2D eigenvalue weighted by molar-refractivity contribution is -0.133. The van der Waals surface area contributed by atoms with Crippen molar-refractivity contribution in [2.24, 2.45) is 0 Å². The third kappa shape index (κ3) is 6.88. The van der Waals surface area contributed by atoms with Crippen molar-refractivity contribution in [3.8, 4) is 0 Å². The van der Waals surface area contributed by atoms with Gasteiger partial charge in [0, 0.05) is 63.3 Å². The van der Waals surface area contributed by atoms with Crippen molar-refractivity contribution < 1.29 is 18.0 Å². The molecular formula is C24H34N6O4S. The molecule has 190 valence electrons. The molecule has 2 aliphatic heterocycles. The molecule has 2 aliphatic rings. The molecule has 2 aromatic rings. The number of sulfone groups is 1. The second kappa shape index (κ2) is 11.3. The standard InChI is InChI=1S/C24H34N6O4S/c1-19-3-4-21(24(32)26-7-2-9-29-12-8-25-18-29)23(27-19)20-5-10-30(11-6-20)22(31)17-28-13-15-35(33,34)16-14-28/h3-4,8,12,18,20H,2,5-7,9-11,13-17H2,1H3,(H,26,32). The first kappa shape index (κ1) is 25.3. The maximum absolute atomic E-state index is 12.9. The van der Waals surface area contributed by atoms with Crippen LogP contribution < -0.4 is 5.32 Å². The summed E-state index contributed by atoms with van der Waals surface area (Å²) in [7, 11) is -2.96. The Morgan fingerprint density at radius 3 is 2.54 bits per heavy atom. The molecule has 2 saturated heterocycles. The topological polar surface area (TPSA) is 117 Å². The van der Waals surface area contributed by atoms with Crippen LogP contribution in [-0.2, 0) is 21.2 Å². The predicted octanol–water partition coefficient (Wildman–Crippen LogP) is 0.843. The lowest BCUT2D eigenvalue weighted by Gasteiger charge is -2.34. The Balaban J connectivity index is 1.29. The van der Waals surface area contributed by atoms with E-state index in [0.29, 0.717) is 38.3 Å². The van der Waals surface area contributed by atoms with Gasteiger partial charge >= 0.3 is 0 Å². The number of aromatic nitrogens is 3. The summed E-state index contributed by atoms with van der Waals surface area (Å²) in [6.45, 7) is 5.59. The second-order valence-electron chi connectivity index (χ2n) is 9.38. The lowest BCUT2D eigenvalue weighted by Crippen LogP contribution is -2.48. The Bertz CT molecular complexity index is 1110. The van der Waals surface area contributed by atoms with Gasteiger partial charge in [-0.15, -0.1) is 0 Å². The molecule has 0 unspecified atom stereocenters. The number of nitrogens with one attached hydrogen (secondary N) is 1. The van der Waals surface area contributed by atoms with E-state index in [1.54, 1.807) is 12.5 Å². The zero-order valence-electron chi connectivity index (χ0n) is 20.2. The van der Waals surface area contributed by atoms with E-state index in [0.717, 1.165) is 37.2 Å². The van der Waals surface area contributed by atoms with Gasteiger partial charge in [0.25, 0.3) is 5.91 Å². The molecule has 0 saturated carbocycles. The molecule has 4 heterocycles. The van der Waals surface area contributed by atoms with Gasteiger partial charge in [-0.05, 0) is 38.3 Å². The Kier molecular flexibility index (Phi) is 8.17. The molecule has 2 fully saturated rings. The Hall–Kier alpha value is -2.79. The largest absolute Gasteiger partial charge is 0.352 e. The molecule has 11 heteroatoms. The summed E-state index contributed by atoms with van der Waals surface area (Å²) < 4.78 is 25.2. The maximum Gasteiger partial charge on any atom is 0.253 e. The van der Waals surface area contributed by atoms with Crippen molar-refractivity contribution in [3.63, 3.8) is 0 Å². The van der Waals surface area contributed by atoms with Gasteiger partial charge < -0.3 is 14.8 Å². The van der Waals surface area contributed by atoms with Gasteiger partial charge in [0.05, 0.1) is 35.6 Å². The Morgan fingerprint density at radius 2 is 1.86 bits per heavy atom. The first-order valence-electron chi connectivity index (χ1n) is 12.2. The Labute approximate surface area is 206 Å². The zero-order chi connectivity index (χ0) is 24.8. The van der Waals surface area contributed by atoms with Gasteiger partial charge in [-0.25, -0.2) is 13.4 Å². The lowest BCUT2D eigenvalue weighted by atomic mass is 9.89. The van der Waals surface area contributed by atoms with Gasteiger partial charge in [0.2, 0.25) is 5.91 Å². The van der Waals surface area contributed by atoms with E-state index in [2.05, 4.69) is 10.3 Å². The van der Waals surface area contributed by atoms with Crippen molar-refractivity contribution in [1.29, 1.82) is 0 Å². The van der Waals surface area contributed by atoms with Crippen molar-refractivity contribution >= 4 is 21.7 Å². The van der Waals surface area contributed by atoms with Crippen LogP contribution in [0.1, 0.15) is 46.9 Å². The van der Waals surface area contributed by atoms with E-state index in [-0.39, 0.29) is 35.8 Å². The molecule has 0 bridgehead atoms. The van der Waals surface area contributed by atoms with Crippen LogP contribution in [0.4, 0.5) is 0 Å². The molecule has 10 nitrogen and oxygen atoms in total. The number of piperidine rings is 1. The molecule has 0 aromatic carbocycles. The number of imidazole rings is 1. The number of hydrogen-bond acceptors (Lipinski definition) is 7. The number of carbonyl (C=O) groups is 2. The first-order valence-corrected chi connectivity index (χ1v) is 14.0. The minimum Gasteiger partial charge on any atom is -0.352 e. The highest BCUT2D eigenvalue weighted by molar-refractivity contribution is 7.91. The third-order valence-electron chi connectivity index (χ3n) is 6.78. The van der Waals surface area contributed by atoms with Gasteiger partial charge in [0.15, 0.2) is 9.84 Å². The summed E-state index contributed by atoms with van der Waals surface area (Å²) in [6, 6.07) is 3.71. The maximum atomic E-state index is 12.9. The fourth-order valence-corrected chi connectivity index (χ4v) is 5.94. The van der Waals surface area contributed by atoms with Crippen LogP contribution in [0, 0.1) is 6.92 Å². The van der Waals surface area contributed by atoms with E-state index in [1.165, 1.54) is 0 Å². The monoisotopic (exact) mass is 502 g/mol. The van der Waals surface area contributed by atoms with Gasteiger partial charge in [-0.1, -0.05) is 0 Å².